The van der Waals surface area contributed by atoms with E-state index in [2.05, 4.69) is 22.9 Å². The maximum absolute atomic E-state index is 12.7. The van der Waals surface area contributed by atoms with E-state index in [9.17, 15) is 4.79 Å². The van der Waals surface area contributed by atoms with Crippen LogP contribution >= 0.6 is 15.9 Å². The lowest BCUT2D eigenvalue weighted by atomic mass is 10.0. The molecule has 3 nitrogen and oxygen atoms in total. The van der Waals surface area contributed by atoms with Gasteiger partial charge in [0.15, 0.2) is 0 Å². The Labute approximate surface area is 162 Å². The lowest BCUT2D eigenvalue weighted by Gasteiger charge is -2.10. The minimum atomic E-state index is -0.288. The number of unbranched alkanes of at least 4 members (excludes halogenated alkanes) is 3. The molecule has 0 amide bonds. The van der Waals surface area contributed by atoms with Crippen molar-refractivity contribution in [2.24, 2.45) is 0 Å². The third-order valence-corrected chi connectivity index (χ3v) is 4.78. The summed E-state index contributed by atoms with van der Waals surface area (Å²) < 4.78 is 6.44. The van der Waals surface area contributed by atoms with Gasteiger partial charge in [-0.1, -0.05) is 72.4 Å². The Hall–Kier alpha value is -2.20. The van der Waals surface area contributed by atoms with Crippen molar-refractivity contribution in [3.63, 3.8) is 0 Å². The van der Waals surface area contributed by atoms with Crippen molar-refractivity contribution in [3.8, 4) is 11.3 Å². The van der Waals surface area contributed by atoms with Crippen molar-refractivity contribution in [3.05, 3.63) is 64.6 Å². The van der Waals surface area contributed by atoms with E-state index in [1.165, 1.54) is 6.42 Å². The van der Waals surface area contributed by atoms with Gasteiger partial charge >= 0.3 is 5.97 Å². The lowest BCUT2D eigenvalue weighted by molar-refractivity contribution is 0.0500. The van der Waals surface area contributed by atoms with Crippen molar-refractivity contribution in [2.75, 3.05) is 6.61 Å². The third kappa shape index (κ3) is 4.50. The number of carbonyl (C=O) groups excluding carboxylic acids is 1. The highest BCUT2D eigenvalue weighted by atomic mass is 79.9. The number of esters is 1. The number of pyridine rings is 1. The number of hydrogen-bond acceptors (Lipinski definition) is 3. The fourth-order valence-electron chi connectivity index (χ4n) is 2.90. The highest BCUT2D eigenvalue weighted by molar-refractivity contribution is 9.10. The summed E-state index contributed by atoms with van der Waals surface area (Å²) in [5.74, 6) is -0.288. The molecule has 0 saturated carbocycles. The molecule has 0 aliphatic heterocycles. The fourth-order valence-corrected chi connectivity index (χ4v) is 3.26. The fraction of sp³-hybridized carbons (Fsp3) is 0.273. The molecule has 3 rings (SSSR count). The Morgan fingerprint density at radius 3 is 2.62 bits per heavy atom. The van der Waals surface area contributed by atoms with Crippen molar-refractivity contribution in [1.29, 1.82) is 0 Å². The minimum Gasteiger partial charge on any atom is -0.462 e. The second-order valence-electron chi connectivity index (χ2n) is 6.28. The summed E-state index contributed by atoms with van der Waals surface area (Å²) in [7, 11) is 0. The molecule has 1 aromatic heterocycles. The van der Waals surface area contributed by atoms with Crippen LogP contribution in [0.5, 0.6) is 0 Å². The summed E-state index contributed by atoms with van der Waals surface area (Å²) >= 11 is 3.48. The molecule has 0 saturated heterocycles. The Balaban J connectivity index is 1.93. The number of carbonyl (C=O) groups is 1. The zero-order valence-electron chi connectivity index (χ0n) is 14.9. The van der Waals surface area contributed by atoms with Crippen molar-refractivity contribution in [2.45, 2.75) is 32.6 Å². The molecular weight excluding hydrogens is 390 g/mol. The first-order chi connectivity index (χ1) is 12.7. The SMILES string of the molecule is CCCCCCOC(=O)c1cc(-c2ccccc2)nc2ccc(Br)cc12. The molecule has 134 valence electrons. The van der Waals surface area contributed by atoms with Crippen molar-refractivity contribution >= 4 is 32.8 Å². The molecule has 0 unspecified atom stereocenters. The molecule has 4 heteroatoms. The van der Waals surface area contributed by atoms with Crippen LogP contribution in [-0.2, 0) is 4.74 Å². The van der Waals surface area contributed by atoms with Crippen LogP contribution in [0.15, 0.2) is 59.1 Å². The van der Waals surface area contributed by atoms with Crippen LogP contribution in [0.1, 0.15) is 43.0 Å². The third-order valence-electron chi connectivity index (χ3n) is 4.29. The van der Waals surface area contributed by atoms with Gasteiger partial charge in [0.05, 0.1) is 23.4 Å². The normalized spacial score (nSPS) is 10.8. The number of hydrogen-bond donors (Lipinski definition) is 0. The topological polar surface area (TPSA) is 39.2 Å². The van der Waals surface area contributed by atoms with Gasteiger partial charge in [0, 0.05) is 15.4 Å². The first-order valence-corrected chi connectivity index (χ1v) is 9.81. The van der Waals surface area contributed by atoms with E-state index in [1.807, 2.05) is 54.6 Å². The molecule has 0 atom stereocenters. The van der Waals surface area contributed by atoms with E-state index in [1.54, 1.807) is 0 Å². The molecule has 0 bridgehead atoms. The predicted molar refractivity (Wildman–Crippen MR) is 109 cm³/mol. The number of halogens is 1. The van der Waals surface area contributed by atoms with Crippen molar-refractivity contribution in [1.82, 2.24) is 4.98 Å². The predicted octanol–water partition coefficient (Wildman–Crippen LogP) is 6.40. The van der Waals surface area contributed by atoms with E-state index >= 15 is 0 Å². The number of ether oxygens (including phenoxy) is 1. The zero-order chi connectivity index (χ0) is 18.4. The van der Waals surface area contributed by atoms with Crippen LogP contribution in [0, 0.1) is 0 Å². The Bertz CT molecular complexity index is 893. The van der Waals surface area contributed by atoms with Crippen LogP contribution in [0.3, 0.4) is 0 Å². The largest absolute Gasteiger partial charge is 0.462 e. The van der Waals surface area contributed by atoms with Crippen LogP contribution in [-0.4, -0.2) is 17.6 Å². The minimum absolute atomic E-state index is 0.288. The van der Waals surface area contributed by atoms with Gasteiger partial charge in [0.25, 0.3) is 0 Å². The van der Waals surface area contributed by atoms with Gasteiger partial charge in [-0.25, -0.2) is 9.78 Å². The first kappa shape index (κ1) is 18.6. The average Bonchev–Trinajstić information content (AvgIpc) is 2.67. The number of aromatic nitrogens is 1. The van der Waals surface area contributed by atoms with Gasteiger partial charge in [-0.2, -0.15) is 0 Å². The number of fused-ring (bicyclic) bond motifs is 1. The van der Waals surface area contributed by atoms with Gasteiger partial charge in [0.1, 0.15) is 0 Å². The number of nitrogens with zero attached hydrogens (tertiary/aromatic N) is 1. The summed E-state index contributed by atoms with van der Waals surface area (Å²) in [5.41, 5.74) is 3.10. The zero-order valence-corrected chi connectivity index (χ0v) is 16.5. The number of rotatable bonds is 7. The van der Waals surface area contributed by atoms with Gasteiger partial charge in [-0.3, -0.25) is 0 Å². The molecule has 1 heterocycles. The van der Waals surface area contributed by atoms with E-state index in [0.29, 0.717) is 12.2 Å². The Morgan fingerprint density at radius 2 is 1.85 bits per heavy atom. The van der Waals surface area contributed by atoms with E-state index in [0.717, 1.165) is 45.9 Å². The summed E-state index contributed by atoms with van der Waals surface area (Å²) in [6.07, 6.45) is 4.32. The van der Waals surface area contributed by atoms with Gasteiger partial charge in [-0.15, -0.1) is 0 Å². The Kier molecular flexibility index (Phi) is 6.40. The average molecular weight is 412 g/mol. The summed E-state index contributed by atoms with van der Waals surface area (Å²) in [6.45, 7) is 2.62. The van der Waals surface area contributed by atoms with Gasteiger partial charge in [-0.05, 0) is 30.7 Å². The standard InChI is InChI=1S/C22H22BrNO2/c1-2-3-4-8-13-26-22(25)19-15-21(16-9-6-5-7-10-16)24-20-12-11-17(23)14-18(19)20/h5-7,9-12,14-15H,2-4,8,13H2,1H3. The molecule has 3 aromatic rings. The first-order valence-electron chi connectivity index (χ1n) is 9.02. The molecule has 0 aliphatic carbocycles. The summed E-state index contributed by atoms with van der Waals surface area (Å²) in [6, 6.07) is 17.5. The molecule has 0 N–H and O–H groups in total. The maximum atomic E-state index is 12.7. The second-order valence-corrected chi connectivity index (χ2v) is 7.19. The smallest absolute Gasteiger partial charge is 0.338 e. The highest BCUT2D eigenvalue weighted by Crippen LogP contribution is 2.27. The van der Waals surface area contributed by atoms with Crippen LogP contribution < -0.4 is 0 Å². The summed E-state index contributed by atoms with van der Waals surface area (Å²) in [5, 5.41) is 0.803. The molecule has 0 radical (unpaired) electrons. The molecule has 26 heavy (non-hydrogen) atoms. The molecular formula is C22H22BrNO2. The quantitative estimate of drug-likeness (QED) is 0.333. The van der Waals surface area contributed by atoms with Crippen LogP contribution in [0.2, 0.25) is 0 Å². The molecule has 0 aliphatic rings. The maximum Gasteiger partial charge on any atom is 0.338 e. The van der Waals surface area contributed by atoms with E-state index in [-0.39, 0.29) is 5.97 Å². The summed E-state index contributed by atoms with van der Waals surface area (Å²) in [4.78, 5) is 17.4. The van der Waals surface area contributed by atoms with E-state index in [4.69, 9.17) is 9.72 Å². The monoisotopic (exact) mass is 411 g/mol. The van der Waals surface area contributed by atoms with Crippen LogP contribution in [0.25, 0.3) is 22.2 Å². The molecule has 2 aromatic carbocycles. The molecule has 0 spiro atoms. The molecule has 0 fully saturated rings. The van der Waals surface area contributed by atoms with E-state index < -0.39 is 0 Å². The highest BCUT2D eigenvalue weighted by Gasteiger charge is 2.15. The second kappa shape index (κ2) is 8.95. The van der Waals surface area contributed by atoms with Gasteiger partial charge < -0.3 is 4.74 Å². The Morgan fingerprint density at radius 1 is 1.04 bits per heavy atom. The van der Waals surface area contributed by atoms with Crippen molar-refractivity contribution < 1.29 is 9.53 Å². The van der Waals surface area contributed by atoms with Crippen LogP contribution in [0.4, 0.5) is 0 Å². The van der Waals surface area contributed by atoms with Gasteiger partial charge in [0.2, 0.25) is 0 Å². The lowest BCUT2D eigenvalue weighted by Crippen LogP contribution is -2.08. The number of benzene rings is 2.